The second kappa shape index (κ2) is 4.76. The van der Waals surface area contributed by atoms with Crippen LogP contribution in [0.4, 0.5) is 0 Å². The van der Waals surface area contributed by atoms with Gasteiger partial charge in [0, 0.05) is 19.1 Å². The maximum absolute atomic E-state index is 12.3. The van der Waals surface area contributed by atoms with E-state index in [-0.39, 0.29) is 6.54 Å². The molecule has 0 fully saturated rings. The Labute approximate surface area is 103 Å². The van der Waals surface area contributed by atoms with Gasteiger partial charge in [-0.2, -0.15) is 4.31 Å². The van der Waals surface area contributed by atoms with E-state index in [1.54, 1.807) is 45.2 Å². The minimum atomic E-state index is -3.47. The Bertz CT molecular complexity index is 478. The van der Waals surface area contributed by atoms with Gasteiger partial charge in [0.05, 0.1) is 4.90 Å². The van der Waals surface area contributed by atoms with Gasteiger partial charge in [-0.3, -0.25) is 0 Å². The van der Waals surface area contributed by atoms with Gasteiger partial charge in [-0.05, 0) is 32.9 Å². The summed E-state index contributed by atoms with van der Waals surface area (Å²) in [5, 5.41) is 0. The van der Waals surface area contributed by atoms with Gasteiger partial charge in [0.1, 0.15) is 0 Å². The van der Waals surface area contributed by atoms with Crippen molar-refractivity contribution in [2.45, 2.75) is 31.2 Å². The molecule has 0 saturated heterocycles. The van der Waals surface area contributed by atoms with E-state index in [0.29, 0.717) is 4.90 Å². The van der Waals surface area contributed by atoms with Crippen molar-refractivity contribution in [1.82, 2.24) is 4.31 Å². The Morgan fingerprint density at radius 1 is 1.24 bits per heavy atom. The lowest BCUT2D eigenvalue weighted by molar-refractivity contribution is 0.274. The number of nitrogens with two attached hydrogens (primary N) is 1. The number of sulfonamides is 1. The summed E-state index contributed by atoms with van der Waals surface area (Å²) in [6.45, 7) is 5.80. The highest BCUT2D eigenvalue weighted by molar-refractivity contribution is 7.89. The number of hydrogen-bond acceptors (Lipinski definition) is 3. The third kappa shape index (κ3) is 2.86. The Morgan fingerprint density at radius 2 is 1.71 bits per heavy atom. The molecule has 0 saturated carbocycles. The van der Waals surface area contributed by atoms with E-state index in [4.69, 9.17) is 5.73 Å². The first-order valence-electron chi connectivity index (χ1n) is 5.47. The van der Waals surface area contributed by atoms with Crippen molar-refractivity contribution >= 4 is 10.0 Å². The summed E-state index contributed by atoms with van der Waals surface area (Å²) in [4.78, 5) is 0.298. The van der Waals surface area contributed by atoms with Crippen LogP contribution < -0.4 is 5.73 Å². The highest BCUT2D eigenvalue weighted by Crippen LogP contribution is 2.22. The van der Waals surface area contributed by atoms with Crippen molar-refractivity contribution < 1.29 is 8.42 Å². The third-order valence-corrected chi connectivity index (χ3v) is 5.11. The summed E-state index contributed by atoms with van der Waals surface area (Å²) in [5.74, 6) is 0. The van der Waals surface area contributed by atoms with Crippen LogP contribution >= 0.6 is 0 Å². The largest absolute Gasteiger partial charge is 0.329 e. The van der Waals surface area contributed by atoms with E-state index < -0.39 is 15.6 Å². The zero-order valence-corrected chi connectivity index (χ0v) is 11.6. The zero-order valence-electron chi connectivity index (χ0n) is 10.8. The molecule has 0 atom stereocenters. The van der Waals surface area contributed by atoms with Crippen LogP contribution in [0.2, 0.25) is 0 Å². The minimum absolute atomic E-state index is 0.272. The minimum Gasteiger partial charge on any atom is -0.329 e. The lowest BCUT2D eigenvalue weighted by Crippen LogP contribution is -2.49. The fraction of sp³-hybridized carbons (Fsp3) is 0.500. The van der Waals surface area contributed by atoms with Crippen molar-refractivity contribution in [1.29, 1.82) is 0 Å². The molecular formula is C12H20N2O2S. The number of aryl methyl sites for hydroxylation is 1. The van der Waals surface area contributed by atoms with Crippen molar-refractivity contribution in [3.05, 3.63) is 29.8 Å². The van der Waals surface area contributed by atoms with Gasteiger partial charge in [0.2, 0.25) is 10.0 Å². The van der Waals surface area contributed by atoms with Crippen LogP contribution in [0.15, 0.2) is 29.2 Å². The molecule has 0 aliphatic carbocycles. The summed E-state index contributed by atoms with van der Waals surface area (Å²) in [5.41, 5.74) is 6.04. The van der Waals surface area contributed by atoms with E-state index in [9.17, 15) is 8.42 Å². The number of rotatable bonds is 4. The number of likely N-dealkylation sites (N-methyl/N-ethyl adjacent to an activating group) is 1. The van der Waals surface area contributed by atoms with Crippen molar-refractivity contribution in [3.63, 3.8) is 0 Å². The molecule has 1 rings (SSSR count). The van der Waals surface area contributed by atoms with Gasteiger partial charge < -0.3 is 5.73 Å². The second-order valence-electron chi connectivity index (χ2n) is 4.80. The van der Waals surface area contributed by atoms with Crippen LogP contribution in [0.25, 0.3) is 0 Å². The molecule has 0 bridgehead atoms. The van der Waals surface area contributed by atoms with Crippen LogP contribution in [0.5, 0.6) is 0 Å². The highest BCUT2D eigenvalue weighted by Gasteiger charge is 2.32. The van der Waals surface area contributed by atoms with Crippen molar-refractivity contribution in [2.75, 3.05) is 13.6 Å². The van der Waals surface area contributed by atoms with E-state index in [0.717, 1.165) is 5.56 Å². The van der Waals surface area contributed by atoms with Gasteiger partial charge in [-0.15, -0.1) is 0 Å². The summed E-state index contributed by atoms with van der Waals surface area (Å²) < 4.78 is 26.0. The summed E-state index contributed by atoms with van der Waals surface area (Å²) in [7, 11) is -1.91. The molecule has 2 N–H and O–H groups in total. The third-order valence-electron chi connectivity index (χ3n) is 3.03. The smallest absolute Gasteiger partial charge is 0.243 e. The van der Waals surface area contributed by atoms with Gasteiger partial charge in [-0.25, -0.2) is 8.42 Å². The molecule has 17 heavy (non-hydrogen) atoms. The first-order valence-corrected chi connectivity index (χ1v) is 6.91. The molecule has 0 aromatic heterocycles. The van der Waals surface area contributed by atoms with Gasteiger partial charge in [0.25, 0.3) is 0 Å². The first-order chi connectivity index (χ1) is 7.71. The summed E-state index contributed by atoms with van der Waals surface area (Å²) >= 11 is 0. The SMILES string of the molecule is Cc1ccc(S(=O)(=O)N(C)C(C)(C)CN)cc1. The van der Waals surface area contributed by atoms with E-state index in [1.807, 2.05) is 6.92 Å². The Morgan fingerprint density at radius 3 is 2.12 bits per heavy atom. The molecule has 0 spiro atoms. The fourth-order valence-corrected chi connectivity index (χ4v) is 2.84. The number of benzene rings is 1. The lowest BCUT2D eigenvalue weighted by Gasteiger charge is -2.33. The number of nitrogens with zero attached hydrogens (tertiary/aromatic N) is 1. The molecule has 0 aliphatic rings. The Balaban J connectivity index is 3.16. The Kier molecular flexibility index (Phi) is 3.96. The molecule has 1 aromatic rings. The predicted molar refractivity (Wildman–Crippen MR) is 69.3 cm³/mol. The molecule has 0 heterocycles. The quantitative estimate of drug-likeness (QED) is 0.884. The molecular weight excluding hydrogens is 236 g/mol. The van der Waals surface area contributed by atoms with Crippen LogP contribution in [0.3, 0.4) is 0 Å². The average molecular weight is 256 g/mol. The molecule has 5 heteroatoms. The van der Waals surface area contributed by atoms with Crippen molar-refractivity contribution in [3.8, 4) is 0 Å². The number of hydrogen-bond donors (Lipinski definition) is 1. The average Bonchev–Trinajstić information content (AvgIpc) is 2.28. The maximum atomic E-state index is 12.3. The molecule has 0 amide bonds. The molecule has 0 radical (unpaired) electrons. The van der Waals surface area contributed by atoms with Gasteiger partial charge in [-0.1, -0.05) is 17.7 Å². The van der Waals surface area contributed by atoms with E-state index in [1.165, 1.54) is 4.31 Å². The van der Waals surface area contributed by atoms with Crippen LogP contribution in [0, 0.1) is 6.92 Å². The fourth-order valence-electron chi connectivity index (χ4n) is 1.32. The normalized spacial score (nSPS) is 13.1. The molecule has 4 nitrogen and oxygen atoms in total. The molecule has 0 unspecified atom stereocenters. The second-order valence-corrected chi connectivity index (χ2v) is 6.77. The summed E-state index contributed by atoms with van der Waals surface area (Å²) in [6, 6.07) is 6.81. The lowest BCUT2D eigenvalue weighted by atomic mass is 10.1. The van der Waals surface area contributed by atoms with E-state index >= 15 is 0 Å². The van der Waals surface area contributed by atoms with E-state index in [2.05, 4.69) is 0 Å². The standard InChI is InChI=1S/C12H20N2O2S/c1-10-5-7-11(8-6-10)17(15,16)14(4)12(2,3)9-13/h5-8H,9,13H2,1-4H3. The Hall–Kier alpha value is -0.910. The predicted octanol–water partition coefficient (Wildman–Crippen LogP) is 1.35. The molecule has 96 valence electrons. The summed E-state index contributed by atoms with van der Waals surface area (Å²) in [6.07, 6.45) is 0. The highest BCUT2D eigenvalue weighted by atomic mass is 32.2. The van der Waals surface area contributed by atoms with Crippen LogP contribution in [-0.4, -0.2) is 31.9 Å². The molecule has 0 aliphatic heterocycles. The van der Waals surface area contributed by atoms with Crippen LogP contribution in [-0.2, 0) is 10.0 Å². The van der Waals surface area contributed by atoms with Gasteiger partial charge in [0.15, 0.2) is 0 Å². The van der Waals surface area contributed by atoms with Crippen molar-refractivity contribution in [2.24, 2.45) is 5.73 Å². The monoisotopic (exact) mass is 256 g/mol. The van der Waals surface area contributed by atoms with Crippen LogP contribution in [0.1, 0.15) is 19.4 Å². The first kappa shape index (κ1) is 14.2. The maximum Gasteiger partial charge on any atom is 0.243 e. The molecule has 1 aromatic carbocycles. The van der Waals surface area contributed by atoms with Gasteiger partial charge >= 0.3 is 0 Å². The zero-order chi connectivity index (χ0) is 13.3. The topological polar surface area (TPSA) is 63.4 Å².